The Morgan fingerprint density at radius 1 is 1.03 bits per heavy atom. The standard InChI is InChI=1S/C26H24FN9O/c1-35(2)4-5-37-18-7-15(6-17(27)8-18)20-11-28-12-23-24(20)32-26(31-23)25-19-9-21(16-10-30-36(3)14-16)29-13-22(19)33-34-25/h6-14H,4-5H2,1-3H3,(H,31,32)(H,33,34). The number of nitrogens with zero attached hydrogens (tertiary/aromatic N) is 7. The molecule has 0 amide bonds. The fourth-order valence-corrected chi connectivity index (χ4v) is 4.21. The van der Waals surface area contributed by atoms with Crippen molar-refractivity contribution in [2.45, 2.75) is 0 Å². The van der Waals surface area contributed by atoms with Crippen molar-refractivity contribution in [1.29, 1.82) is 0 Å². The van der Waals surface area contributed by atoms with Gasteiger partial charge < -0.3 is 14.6 Å². The van der Waals surface area contributed by atoms with E-state index < -0.39 is 0 Å². The van der Waals surface area contributed by atoms with E-state index in [9.17, 15) is 4.39 Å². The number of H-pyrrole nitrogens is 2. The van der Waals surface area contributed by atoms with E-state index >= 15 is 0 Å². The van der Waals surface area contributed by atoms with Crippen LogP contribution in [0, 0.1) is 5.82 Å². The summed E-state index contributed by atoms with van der Waals surface area (Å²) in [6, 6.07) is 6.60. The smallest absolute Gasteiger partial charge is 0.159 e. The molecule has 10 nitrogen and oxygen atoms in total. The Morgan fingerprint density at radius 3 is 2.73 bits per heavy atom. The van der Waals surface area contributed by atoms with Gasteiger partial charge in [0, 0.05) is 48.6 Å². The molecule has 11 heteroatoms. The summed E-state index contributed by atoms with van der Waals surface area (Å²) in [5.74, 6) is 0.634. The van der Waals surface area contributed by atoms with Crippen LogP contribution in [-0.2, 0) is 7.05 Å². The van der Waals surface area contributed by atoms with Crippen LogP contribution in [0.5, 0.6) is 5.75 Å². The van der Waals surface area contributed by atoms with Crippen LogP contribution in [-0.4, -0.2) is 72.1 Å². The van der Waals surface area contributed by atoms with Crippen molar-refractivity contribution in [1.82, 2.24) is 44.8 Å². The summed E-state index contributed by atoms with van der Waals surface area (Å²) < 4.78 is 22.0. The minimum absolute atomic E-state index is 0.390. The Balaban J connectivity index is 1.40. The molecule has 6 rings (SSSR count). The van der Waals surface area contributed by atoms with E-state index in [2.05, 4.69) is 30.2 Å². The number of rotatable bonds is 7. The maximum Gasteiger partial charge on any atom is 0.159 e. The SMILES string of the molecule is CN(C)CCOc1cc(F)cc(-c2cncc3[nH]c(-c4n[nH]c5cnc(-c6cnn(C)c6)cc45)nc23)c1. The van der Waals surface area contributed by atoms with Gasteiger partial charge in [-0.05, 0) is 37.9 Å². The molecule has 5 aromatic heterocycles. The van der Waals surface area contributed by atoms with Gasteiger partial charge in [0.1, 0.15) is 23.9 Å². The number of likely N-dealkylation sites (N-methyl/N-ethyl adjacent to an activating group) is 1. The summed E-state index contributed by atoms with van der Waals surface area (Å²) in [4.78, 5) is 19.1. The molecular formula is C26H24FN9O. The number of hydrogen-bond donors (Lipinski definition) is 2. The van der Waals surface area contributed by atoms with Crippen LogP contribution in [0.3, 0.4) is 0 Å². The number of ether oxygens (including phenoxy) is 1. The van der Waals surface area contributed by atoms with Crippen LogP contribution < -0.4 is 4.74 Å². The van der Waals surface area contributed by atoms with Crippen molar-refractivity contribution < 1.29 is 9.13 Å². The minimum Gasteiger partial charge on any atom is -0.492 e. The molecule has 0 radical (unpaired) electrons. The molecule has 37 heavy (non-hydrogen) atoms. The first-order valence-corrected chi connectivity index (χ1v) is 11.7. The lowest BCUT2D eigenvalue weighted by atomic mass is 10.1. The molecule has 0 bridgehead atoms. The Morgan fingerprint density at radius 2 is 1.92 bits per heavy atom. The van der Waals surface area contributed by atoms with Crippen molar-refractivity contribution in [2.75, 3.05) is 27.2 Å². The number of aryl methyl sites for hydroxylation is 1. The second-order valence-electron chi connectivity index (χ2n) is 9.09. The molecule has 6 aromatic rings. The zero-order chi connectivity index (χ0) is 25.5. The molecular weight excluding hydrogens is 473 g/mol. The van der Waals surface area contributed by atoms with Crippen LogP contribution in [0.1, 0.15) is 0 Å². The molecule has 2 N–H and O–H groups in total. The number of benzene rings is 1. The predicted octanol–water partition coefficient (Wildman–Crippen LogP) is 4.04. The van der Waals surface area contributed by atoms with Crippen molar-refractivity contribution in [3.63, 3.8) is 0 Å². The molecule has 1 aromatic carbocycles. The molecule has 0 aliphatic carbocycles. The first kappa shape index (κ1) is 22.8. The van der Waals surface area contributed by atoms with Crippen LogP contribution >= 0.6 is 0 Å². The normalized spacial score (nSPS) is 11.7. The summed E-state index contributed by atoms with van der Waals surface area (Å²) in [7, 11) is 5.78. The van der Waals surface area contributed by atoms with Gasteiger partial charge in [0.15, 0.2) is 5.82 Å². The second-order valence-corrected chi connectivity index (χ2v) is 9.09. The van der Waals surface area contributed by atoms with Crippen molar-refractivity contribution in [2.24, 2.45) is 7.05 Å². The highest BCUT2D eigenvalue weighted by Gasteiger charge is 2.17. The van der Waals surface area contributed by atoms with Gasteiger partial charge in [0.05, 0.1) is 40.8 Å². The maximum atomic E-state index is 14.5. The lowest BCUT2D eigenvalue weighted by Crippen LogP contribution is -2.19. The summed E-state index contributed by atoms with van der Waals surface area (Å²) in [6.45, 7) is 1.17. The summed E-state index contributed by atoms with van der Waals surface area (Å²) >= 11 is 0. The molecule has 0 spiro atoms. The average Bonchev–Trinajstić information content (AvgIpc) is 3.60. The molecule has 0 aliphatic rings. The zero-order valence-corrected chi connectivity index (χ0v) is 20.5. The third kappa shape index (κ3) is 4.40. The summed E-state index contributed by atoms with van der Waals surface area (Å²) in [6.07, 6.45) is 8.79. The van der Waals surface area contributed by atoms with E-state index in [1.165, 1.54) is 12.1 Å². The highest BCUT2D eigenvalue weighted by Crippen LogP contribution is 2.33. The first-order chi connectivity index (χ1) is 17.9. The number of nitrogens with one attached hydrogen (secondary N) is 2. The van der Waals surface area contributed by atoms with Gasteiger partial charge >= 0.3 is 0 Å². The second kappa shape index (κ2) is 9.10. The molecule has 0 saturated heterocycles. The number of halogens is 1. The molecule has 0 atom stereocenters. The number of fused-ring (bicyclic) bond motifs is 2. The Bertz CT molecular complexity index is 1730. The molecule has 5 heterocycles. The van der Waals surface area contributed by atoms with Gasteiger partial charge in [0.2, 0.25) is 0 Å². The van der Waals surface area contributed by atoms with Crippen molar-refractivity contribution in [3.05, 3.63) is 61.1 Å². The van der Waals surface area contributed by atoms with E-state index in [4.69, 9.17) is 9.72 Å². The summed E-state index contributed by atoms with van der Waals surface area (Å²) in [5.41, 5.74) is 5.81. The highest BCUT2D eigenvalue weighted by atomic mass is 19.1. The average molecular weight is 498 g/mol. The van der Waals surface area contributed by atoms with Gasteiger partial charge in [-0.2, -0.15) is 10.2 Å². The topological polar surface area (TPSA) is 113 Å². The van der Waals surface area contributed by atoms with E-state index in [1.807, 2.05) is 38.3 Å². The Labute approximate surface area is 211 Å². The first-order valence-electron chi connectivity index (χ1n) is 11.7. The van der Waals surface area contributed by atoms with E-state index in [0.29, 0.717) is 46.0 Å². The van der Waals surface area contributed by atoms with Crippen LogP contribution in [0.25, 0.3) is 55.8 Å². The minimum atomic E-state index is -0.390. The number of imidazole rings is 1. The maximum absolute atomic E-state index is 14.5. The third-order valence-corrected chi connectivity index (χ3v) is 6.06. The third-order valence-electron chi connectivity index (χ3n) is 6.06. The molecule has 0 fully saturated rings. The molecule has 0 saturated carbocycles. The number of aromatic nitrogens is 8. The van der Waals surface area contributed by atoms with Gasteiger partial charge in [-0.3, -0.25) is 19.7 Å². The van der Waals surface area contributed by atoms with Crippen LogP contribution in [0.15, 0.2) is 55.2 Å². The van der Waals surface area contributed by atoms with E-state index in [0.717, 1.165) is 28.7 Å². The number of aromatic amines is 2. The Kier molecular flexibility index (Phi) is 5.61. The van der Waals surface area contributed by atoms with Gasteiger partial charge in [-0.15, -0.1) is 0 Å². The lowest BCUT2D eigenvalue weighted by molar-refractivity contribution is 0.260. The van der Waals surface area contributed by atoms with Crippen LogP contribution in [0.2, 0.25) is 0 Å². The van der Waals surface area contributed by atoms with Crippen molar-refractivity contribution >= 4 is 21.9 Å². The number of hydrogen-bond acceptors (Lipinski definition) is 7. The van der Waals surface area contributed by atoms with E-state index in [1.54, 1.807) is 35.5 Å². The number of pyridine rings is 2. The van der Waals surface area contributed by atoms with Crippen LogP contribution in [0.4, 0.5) is 4.39 Å². The fourth-order valence-electron chi connectivity index (χ4n) is 4.21. The Hall–Kier alpha value is -4.64. The highest BCUT2D eigenvalue weighted by molar-refractivity contribution is 5.97. The van der Waals surface area contributed by atoms with Gasteiger partial charge in [0.25, 0.3) is 0 Å². The predicted molar refractivity (Wildman–Crippen MR) is 138 cm³/mol. The summed E-state index contributed by atoms with van der Waals surface area (Å²) in [5, 5.41) is 12.6. The quantitative estimate of drug-likeness (QED) is 0.342. The van der Waals surface area contributed by atoms with Crippen molar-refractivity contribution in [3.8, 4) is 39.7 Å². The fraction of sp³-hybridized carbons (Fsp3) is 0.192. The molecule has 0 unspecified atom stereocenters. The monoisotopic (exact) mass is 497 g/mol. The van der Waals surface area contributed by atoms with E-state index in [-0.39, 0.29) is 5.82 Å². The lowest BCUT2D eigenvalue weighted by Gasteiger charge is -2.12. The molecule has 186 valence electrons. The zero-order valence-electron chi connectivity index (χ0n) is 20.5. The van der Waals surface area contributed by atoms with Gasteiger partial charge in [-0.1, -0.05) is 0 Å². The molecule has 0 aliphatic heterocycles. The largest absolute Gasteiger partial charge is 0.492 e. The van der Waals surface area contributed by atoms with Gasteiger partial charge in [-0.25, -0.2) is 9.37 Å².